The summed E-state index contributed by atoms with van der Waals surface area (Å²) >= 11 is 0. The van der Waals surface area contributed by atoms with E-state index in [2.05, 4.69) is 12.2 Å². The molecule has 2 atom stereocenters. The highest BCUT2D eigenvalue weighted by Crippen LogP contribution is 2.38. The standard InChI is InChI=1S/C17H23NO5/c1-3-6-11(4-2)16-12(19)7-5-8-13(16)22-17(21)23-15-10-9-14(20)18-15/h5,7-8,11,15,19H,3-4,6,9-10H2,1-2H3,(H,18,20). The molecule has 1 saturated heterocycles. The monoisotopic (exact) mass is 321 g/mol. The minimum atomic E-state index is -0.879. The van der Waals surface area contributed by atoms with E-state index in [9.17, 15) is 14.7 Å². The van der Waals surface area contributed by atoms with E-state index in [-0.39, 0.29) is 17.6 Å². The summed E-state index contributed by atoms with van der Waals surface area (Å²) in [5, 5.41) is 12.7. The lowest BCUT2D eigenvalue weighted by molar-refractivity contribution is -0.120. The van der Waals surface area contributed by atoms with Crippen molar-refractivity contribution < 1.29 is 24.2 Å². The minimum absolute atomic E-state index is 0.107. The summed E-state index contributed by atoms with van der Waals surface area (Å²) in [5.74, 6) is 0.384. The Hall–Kier alpha value is -2.24. The molecule has 1 aromatic rings. The molecule has 0 radical (unpaired) electrons. The van der Waals surface area contributed by atoms with Crippen molar-refractivity contribution in [3.8, 4) is 11.5 Å². The number of carbonyl (C=O) groups excluding carboxylic acids is 2. The predicted molar refractivity (Wildman–Crippen MR) is 84.3 cm³/mol. The van der Waals surface area contributed by atoms with Crippen LogP contribution in [0.1, 0.15) is 57.4 Å². The molecule has 6 nitrogen and oxygen atoms in total. The van der Waals surface area contributed by atoms with Crippen LogP contribution in [0.4, 0.5) is 4.79 Å². The summed E-state index contributed by atoms with van der Waals surface area (Å²) in [4.78, 5) is 23.0. The van der Waals surface area contributed by atoms with Crippen LogP contribution in [0, 0.1) is 0 Å². The van der Waals surface area contributed by atoms with Crippen molar-refractivity contribution in [1.29, 1.82) is 0 Å². The third kappa shape index (κ3) is 4.37. The van der Waals surface area contributed by atoms with Gasteiger partial charge in [0.05, 0.1) is 0 Å². The Morgan fingerprint density at radius 2 is 2.22 bits per heavy atom. The fourth-order valence-electron chi connectivity index (χ4n) is 2.84. The lowest BCUT2D eigenvalue weighted by atomic mass is 9.90. The number of carbonyl (C=O) groups is 2. The van der Waals surface area contributed by atoms with Crippen molar-refractivity contribution >= 4 is 12.1 Å². The van der Waals surface area contributed by atoms with Crippen molar-refractivity contribution in [3.63, 3.8) is 0 Å². The van der Waals surface area contributed by atoms with Gasteiger partial charge < -0.3 is 19.9 Å². The molecule has 1 heterocycles. The smallest absolute Gasteiger partial charge is 0.508 e. The van der Waals surface area contributed by atoms with Crippen LogP contribution in [0.15, 0.2) is 18.2 Å². The van der Waals surface area contributed by atoms with Gasteiger partial charge in [0.1, 0.15) is 11.5 Å². The molecule has 0 saturated carbocycles. The van der Waals surface area contributed by atoms with E-state index in [0.29, 0.717) is 24.2 Å². The predicted octanol–water partition coefficient (Wildman–Crippen LogP) is 3.44. The molecular formula is C17H23NO5. The summed E-state index contributed by atoms with van der Waals surface area (Å²) in [7, 11) is 0. The first-order valence-electron chi connectivity index (χ1n) is 8.04. The van der Waals surface area contributed by atoms with Gasteiger partial charge in [-0.25, -0.2) is 4.79 Å². The van der Waals surface area contributed by atoms with Gasteiger partial charge in [0.25, 0.3) is 0 Å². The maximum Gasteiger partial charge on any atom is 0.515 e. The van der Waals surface area contributed by atoms with Gasteiger partial charge in [0, 0.05) is 18.4 Å². The van der Waals surface area contributed by atoms with Crippen molar-refractivity contribution in [2.45, 2.75) is 58.1 Å². The molecule has 0 aliphatic carbocycles. The van der Waals surface area contributed by atoms with Crippen LogP contribution in [0.25, 0.3) is 0 Å². The molecule has 1 aliphatic heterocycles. The number of ether oxygens (including phenoxy) is 2. The number of hydrogen-bond acceptors (Lipinski definition) is 5. The van der Waals surface area contributed by atoms with E-state index in [0.717, 1.165) is 19.3 Å². The fraction of sp³-hybridized carbons (Fsp3) is 0.529. The van der Waals surface area contributed by atoms with Gasteiger partial charge in [-0.1, -0.05) is 26.3 Å². The highest BCUT2D eigenvalue weighted by Gasteiger charge is 2.26. The summed E-state index contributed by atoms with van der Waals surface area (Å²) in [6.07, 6.45) is 1.93. The highest BCUT2D eigenvalue weighted by atomic mass is 16.7. The SMILES string of the molecule is CCCC(CC)c1c(O)cccc1OC(=O)OC1CCC(=O)N1. The number of phenolic OH excluding ortho intramolecular Hbond substituents is 1. The van der Waals surface area contributed by atoms with E-state index in [1.54, 1.807) is 18.2 Å². The average molecular weight is 321 g/mol. The average Bonchev–Trinajstić information content (AvgIpc) is 2.90. The number of rotatable bonds is 6. The molecule has 1 amide bonds. The zero-order valence-corrected chi connectivity index (χ0v) is 13.5. The second-order valence-corrected chi connectivity index (χ2v) is 5.65. The Kier molecular flexibility index (Phi) is 5.84. The van der Waals surface area contributed by atoms with Crippen molar-refractivity contribution in [2.24, 2.45) is 0 Å². The van der Waals surface area contributed by atoms with Crippen LogP contribution < -0.4 is 10.1 Å². The van der Waals surface area contributed by atoms with Crippen molar-refractivity contribution in [3.05, 3.63) is 23.8 Å². The van der Waals surface area contributed by atoms with Crippen molar-refractivity contribution in [1.82, 2.24) is 5.32 Å². The Balaban J connectivity index is 2.11. The molecule has 23 heavy (non-hydrogen) atoms. The number of nitrogens with one attached hydrogen (secondary N) is 1. The Morgan fingerprint density at radius 1 is 1.43 bits per heavy atom. The molecule has 1 aliphatic rings. The van der Waals surface area contributed by atoms with Crippen LogP contribution in [0.3, 0.4) is 0 Å². The molecule has 1 fully saturated rings. The lowest BCUT2D eigenvalue weighted by Crippen LogP contribution is -2.31. The second kappa shape index (κ2) is 7.85. The minimum Gasteiger partial charge on any atom is -0.508 e. The third-order valence-corrected chi connectivity index (χ3v) is 3.97. The van der Waals surface area contributed by atoms with Gasteiger partial charge in [0.15, 0.2) is 6.23 Å². The first kappa shape index (κ1) is 17.1. The van der Waals surface area contributed by atoms with Crippen molar-refractivity contribution in [2.75, 3.05) is 0 Å². The largest absolute Gasteiger partial charge is 0.515 e. The van der Waals surface area contributed by atoms with Crippen LogP contribution in [0.2, 0.25) is 0 Å². The number of benzene rings is 1. The summed E-state index contributed by atoms with van der Waals surface area (Å²) in [6, 6.07) is 4.85. The molecule has 2 unspecified atom stereocenters. The maximum absolute atomic E-state index is 11.9. The van der Waals surface area contributed by atoms with E-state index >= 15 is 0 Å². The summed E-state index contributed by atoms with van der Waals surface area (Å²) in [5.41, 5.74) is 0.629. The molecule has 2 rings (SSSR count). The summed E-state index contributed by atoms with van der Waals surface area (Å²) < 4.78 is 10.4. The Labute approximate surface area is 135 Å². The van der Waals surface area contributed by atoms with Gasteiger partial charge in [-0.3, -0.25) is 4.79 Å². The molecule has 0 aromatic heterocycles. The van der Waals surface area contributed by atoms with E-state index < -0.39 is 12.4 Å². The molecule has 6 heteroatoms. The number of hydrogen-bond donors (Lipinski definition) is 2. The molecule has 2 N–H and O–H groups in total. The maximum atomic E-state index is 11.9. The highest BCUT2D eigenvalue weighted by molar-refractivity contribution is 5.78. The molecular weight excluding hydrogens is 298 g/mol. The van der Waals surface area contributed by atoms with Gasteiger partial charge >= 0.3 is 6.16 Å². The van der Waals surface area contributed by atoms with Gasteiger partial charge in [-0.15, -0.1) is 0 Å². The Morgan fingerprint density at radius 3 is 2.83 bits per heavy atom. The van der Waals surface area contributed by atoms with Crippen LogP contribution in [-0.4, -0.2) is 23.4 Å². The zero-order valence-electron chi connectivity index (χ0n) is 13.5. The van der Waals surface area contributed by atoms with Crippen LogP contribution in [0.5, 0.6) is 11.5 Å². The summed E-state index contributed by atoms with van der Waals surface area (Å²) in [6.45, 7) is 4.10. The number of aromatic hydroxyl groups is 1. The van der Waals surface area contributed by atoms with Gasteiger partial charge in [-0.2, -0.15) is 0 Å². The number of phenols is 1. The zero-order chi connectivity index (χ0) is 16.8. The normalized spacial score (nSPS) is 18.3. The first-order valence-corrected chi connectivity index (χ1v) is 8.04. The lowest BCUT2D eigenvalue weighted by Gasteiger charge is -2.20. The topological polar surface area (TPSA) is 84.9 Å². The molecule has 0 spiro atoms. The third-order valence-electron chi connectivity index (χ3n) is 3.97. The Bertz CT molecular complexity index is 572. The van der Waals surface area contributed by atoms with Gasteiger partial charge in [-0.05, 0) is 30.9 Å². The van der Waals surface area contributed by atoms with E-state index in [1.807, 2.05) is 6.92 Å². The number of amides is 1. The van der Waals surface area contributed by atoms with Gasteiger partial charge in [0.2, 0.25) is 5.91 Å². The molecule has 0 bridgehead atoms. The second-order valence-electron chi connectivity index (χ2n) is 5.65. The van der Waals surface area contributed by atoms with E-state index in [1.165, 1.54) is 0 Å². The quantitative estimate of drug-likeness (QED) is 0.619. The van der Waals surface area contributed by atoms with Crippen LogP contribution in [-0.2, 0) is 9.53 Å². The molecule has 126 valence electrons. The fourth-order valence-corrected chi connectivity index (χ4v) is 2.84. The van der Waals surface area contributed by atoms with Crippen LogP contribution >= 0.6 is 0 Å². The first-order chi connectivity index (χ1) is 11.0. The van der Waals surface area contributed by atoms with E-state index in [4.69, 9.17) is 9.47 Å². The molecule has 1 aromatic carbocycles.